The third-order valence-electron chi connectivity index (χ3n) is 5.66. The number of carbonyl (C=O) groups excluding carboxylic acids is 3. The number of nitrogens with zero attached hydrogens (tertiary/aromatic N) is 2. The first kappa shape index (κ1) is 17.8. The summed E-state index contributed by atoms with van der Waals surface area (Å²) >= 11 is 0. The largest absolute Gasteiger partial charge is 0.478 e. The Morgan fingerprint density at radius 2 is 1.96 bits per heavy atom. The van der Waals surface area contributed by atoms with Gasteiger partial charge >= 0.3 is 0 Å². The van der Waals surface area contributed by atoms with Crippen molar-refractivity contribution in [3.63, 3.8) is 0 Å². The molecule has 0 spiro atoms. The van der Waals surface area contributed by atoms with Crippen molar-refractivity contribution in [2.45, 2.75) is 44.8 Å². The number of rotatable bonds is 3. The number of fused-ring (bicyclic) bond motifs is 2. The Hall–Kier alpha value is -2.57. The van der Waals surface area contributed by atoms with Gasteiger partial charge in [-0.3, -0.25) is 14.4 Å². The van der Waals surface area contributed by atoms with Crippen molar-refractivity contribution in [3.8, 4) is 5.75 Å². The lowest BCUT2D eigenvalue weighted by Gasteiger charge is -2.44. The minimum absolute atomic E-state index is 0.0379. The highest BCUT2D eigenvalue weighted by molar-refractivity contribution is 5.96. The van der Waals surface area contributed by atoms with E-state index >= 15 is 0 Å². The zero-order chi connectivity index (χ0) is 19.2. The standard InChI is InChI=1S/C20H25N3O4/c1-20(2,27-15-7-6-13-4-3-5-14(13)10-15)19(26)22-8-9-23-16(12-22)18(25)21-11-17(23)24/h6-7,10,16H,3-5,8-9,11-12H2,1-2H3,(H,21,25)/t16-/m1/s1. The van der Waals surface area contributed by atoms with E-state index in [0.29, 0.717) is 18.8 Å². The molecule has 3 aliphatic rings. The second kappa shape index (κ2) is 6.55. The van der Waals surface area contributed by atoms with Gasteiger partial charge in [-0.05, 0) is 56.4 Å². The predicted octanol–water partition coefficient (Wildman–Crippen LogP) is 0.502. The SMILES string of the molecule is CC(C)(Oc1ccc2c(c1)CCC2)C(=O)N1CCN2C(=O)CNC(=O)[C@H]2C1. The molecule has 7 heteroatoms. The topological polar surface area (TPSA) is 79.0 Å². The molecule has 3 amide bonds. The number of ether oxygens (including phenoxy) is 1. The van der Waals surface area contributed by atoms with Gasteiger partial charge in [0.05, 0.1) is 13.1 Å². The number of aryl methyl sites for hydroxylation is 2. The molecule has 0 unspecified atom stereocenters. The van der Waals surface area contributed by atoms with E-state index in [4.69, 9.17) is 4.74 Å². The van der Waals surface area contributed by atoms with Gasteiger partial charge < -0.3 is 19.9 Å². The third-order valence-corrected chi connectivity index (χ3v) is 5.66. The summed E-state index contributed by atoms with van der Waals surface area (Å²) in [7, 11) is 0. The van der Waals surface area contributed by atoms with Gasteiger partial charge in [0.1, 0.15) is 11.8 Å². The maximum Gasteiger partial charge on any atom is 0.266 e. The summed E-state index contributed by atoms with van der Waals surface area (Å²) in [5.74, 6) is 0.219. The van der Waals surface area contributed by atoms with Crippen molar-refractivity contribution in [2.75, 3.05) is 26.2 Å². The summed E-state index contributed by atoms with van der Waals surface area (Å²) < 4.78 is 6.05. The Labute approximate surface area is 158 Å². The Balaban J connectivity index is 1.46. The average Bonchev–Trinajstić information content (AvgIpc) is 3.11. The normalized spacial score (nSPS) is 22.2. The van der Waals surface area contributed by atoms with E-state index in [2.05, 4.69) is 11.4 Å². The lowest BCUT2D eigenvalue weighted by Crippen LogP contribution is -2.68. The summed E-state index contributed by atoms with van der Waals surface area (Å²) in [4.78, 5) is 40.4. The number of hydrogen-bond acceptors (Lipinski definition) is 4. The van der Waals surface area contributed by atoms with Crippen LogP contribution in [0.1, 0.15) is 31.4 Å². The van der Waals surface area contributed by atoms with Crippen LogP contribution in [0, 0.1) is 0 Å². The number of piperazine rings is 2. The first-order chi connectivity index (χ1) is 12.8. The summed E-state index contributed by atoms with van der Waals surface area (Å²) in [5, 5.41) is 2.59. The van der Waals surface area contributed by atoms with Crippen molar-refractivity contribution in [3.05, 3.63) is 29.3 Å². The van der Waals surface area contributed by atoms with Gasteiger partial charge in [-0.2, -0.15) is 0 Å². The van der Waals surface area contributed by atoms with Crippen LogP contribution in [-0.2, 0) is 27.2 Å². The lowest BCUT2D eigenvalue weighted by molar-refractivity contribution is -0.157. The van der Waals surface area contributed by atoms with Gasteiger partial charge in [-0.15, -0.1) is 0 Å². The van der Waals surface area contributed by atoms with Gasteiger partial charge in [0.15, 0.2) is 5.60 Å². The van der Waals surface area contributed by atoms with Crippen molar-refractivity contribution < 1.29 is 19.1 Å². The molecule has 0 saturated carbocycles. The Morgan fingerprint density at radius 3 is 2.78 bits per heavy atom. The molecule has 7 nitrogen and oxygen atoms in total. The van der Waals surface area contributed by atoms with Gasteiger partial charge in [-0.25, -0.2) is 0 Å². The molecule has 0 bridgehead atoms. The molecule has 27 heavy (non-hydrogen) atoms. The summed E-state index contributed by atoms with van der Waals surface area (Å²) in [5.41, 5.74) is 1.60. The highest BCUT2D eigenvalue weighted by atomic mass is 16.5. The number of benzene rings is 1. The quantitative estimate of drug-likeness (QED) is 0.839. The number of hydrogen-bond donors (Lipinski definition) is 1. The number of carbonyl (C=O) groups is 3. The molecule has 4 rings (SSSR count). The van der Waals surface area contributed by atoms with E-state index in [9.17, 15) is 14.4 Å². The Morgan fingerprint density at radius 1 is 1.19 bits per heavy atom. The zero-order valence-corrected chi connectivity index (χ0v) is 15.8. The number of amides is 3. The first-order valence-electron chi connectivity index (χ1n) is 9.52. The number of nitrogens with one attached hydrogen (secondary N) is 1. The molecule has 1 aliphatic carbocycles. The van der Waals surface area contributed by atoms with E-state index in [1.165, 1.54) is 11.1 Å². The first-order valence-corrected chi connectivity index (χ1v) is 9.52. The molecule has 144 valence electrons. The molecule has 2 fully saturated rings. The van der Waals surface area contributed by atoms with Crippen molar-refractivity contribution >= 4 is 17.7 Å². The van der Waals surface area contributed by atoms with E-state index in [1.807, 2.05) is 12.1 Å². The fraction of sp³-hybridized carbons (Fsp3) is 0.550. The van der Waals surface area contributed by atoms with Gasteiger partial charge in [-0.1, -0.05) is 6.07 Å². The molecule has 2 heterocycles. The van der Waals surface area contributed by atoms with Gasteiger partial charge in [0, 0.05) is 13.1 Å². The molecular formula is C20H25N3O4. The van der Waals surface area contributed by atoms with Crippen LogP contribution in [0.2, 0.25) is 0 Å². The second-order valence-corrected chi connectivity index (χ2v) is 7.97. The molecule has 0 radical (unpaired) electrons. The van der Waals surface area contributed by atoms with Crippen LogP contribution < -0.4 is 10.1 Å². The molecule has 1 aromatic carbocycles. The van der Waals surface area contributed by atoms with E-state index in [-0.39, 0.29) is 30.8 Å². The van der Waals surface area contributed by atoms with E-state index < -0.39 is 11.6 Å². The van der Waals surface area contributed by atoms with Crippen LogP contribution in [0.4, 0.5) is 0 Å². The highest BCUT2D eigenvalue weighted by Crippen LogP contribution is 2.29. The van der Waals surface area contributed by atoms with E-state index in [0.717, 1.165) is 19.3 Å². The van der Waals surface area contributed by atoms with Crippen LogP contribution in [-0.4, -0.2) is 65.3 Å². The summed E-state index contributed by atoms with van der Waals surface area (Å²) in [6.45, 7) is 4.52. The third kappa shape index (κ3) is 3.26. The summed E-state index contributed by atoms with van der Waals surface area (Å²) in [6, 6.07) is 5.42. The van der Waals surface area contributed by atoms with Gasteiger partial charge in [0.2, 0.25) is 11.8 Å². The smallest absolute Gasteiger partial charge is 0.266 e. The minimum Gasteiger partial charge on any atom is -0.478 e. The molecular weight excluding hydrogens is 346 g/mol. The maximum atomic E-state index is 13.1. The van der Waals surface area contributed by atoms with Crippen molar-refractivity contribution in [1.82, 2.24) is 15.1 Å². The highest BCUT2D eigenvalue weighted by Gasteiger charge is 2.43. The van der Waals surface area contributed by atoms with Crippen LogP contribution in [0.25, 0.3) is 0 Å². The average molecular weight is 371 g/mol. The molecule has 1 N–H and O–H groups in total. The molecule has 0 aromatic heterocycles. The molecule has 2 aliphatic heterocycles. The second-order valence-electron chi connectivity index (χ2n) is 7.97. The van der Waals surface area contributed by atoms with Crippen molar-refractivity contribution in [1.29, 1.82) is 0 Å². The molecule has 2 saturated heterocycles. The van der Waals surface area contributed by atoms with Crippen LogP contribution in [0.15, 0.2) is 18.2 Å². The Bertz CT molecular complexity index is 804. The fourth-order valence-corrected chi connectivity index (χ4v) is 4.20. The van der Waals surface area contributed by atoms with Gasteiger partial charge in [0.25, 0.3) is 5.91 Å². The molecule has 1 atom stereocenters. The van der Waals surface area contributed by atoms with Crippen LogP contribution in [0.5, 0.6) is 5.75 Å². The van der Waals surface area contributed by atoms with Crippen molar-refractivity contribution in [2.24, 2.45) is 0 Å². The maximum absolute atomic E-state index is 13.1. The summed E-state index contributed by atoms with van der Waals surface area (Å²) in [6.07, 6.45) is 3.31. The van der Waals surface area contributed by atoms with E-state index in [1.54, 1.807) is 23.6 Å². The van der Waals surface area contributed by atoms with Crippen LogP contribution >= 0.6 is 0 Å². The fourth-order valence-electron chi connectivity index (χ4n) is 4.20. The zero-order valence-electron chi connectivity index (χ0n) is 15.8. The minimum atomic E-state index is -1.05. The Kier molecular flexibility index (Phi) is 4.32. The predicted molar refractivity (Wildman–Crippen MR) is 98.3 cm³/mol. The lowest BCUT2D eigenvalue weighted by atomic mass is 10.0. The molecule has 1 aromatic rings. The monoisotopic (exact) mass is 371 g/mol. The van der Waals surface area contributed by atoms with Crippen LogP contribution in [0.3, 0.4) is 0 Å².